The average molecular weight is 361 g/mol. The van der Waals surface area contributed by atoms with Gasteiger partial charge in [-0.25, -0.2) is 0 Å². The molecule has 0 aromatic heterocycles. The summed E-state index contributed by atoms with van der Waals surface area (Å²) in [6, 6.07) is 6.83. The topological polar surface area (TPSA) is 87.5 Å². The first-order valence-corrected chi connectivity index (χ1v) is 9.64. The smallest absolute Gasteiger partial charge is 0.251 e. The second kappa shape index (κ2) is 10.3. The number of likely N-dealkylation sites (tertiary alicyclic amines) is 1. The van der Waals surface area contributed by atoms with Gasteiger partial charge in [-0.2, -0.15) is 0 Å². The van der Waals surface area contributed by atoms with Crippen molar-refractivity contribution in [2.24, 2.45) is 11.7 Å². The molecule has 144 valence electrons. The van der Waals surface area contributed by atoms with Crippen LogP contribution in [0.5, 0.6) is 0 Å². The van der Waals surface area contributed by atoms with Crippen LogP contribution in [0.25, 0.3) is 0 Å². The van der Waals surface area contributed by atoms with Gasteiger partial charge in [-0.05, 0) is 49.5 Å². The van der Waals surface area contributed by atoms with E-state index in [1.54, 1.807) is 12.1 Å². The summed E-state index contributed by atoms with van der Waals surface area (Å²) >= 11 is 0. The van der Waals surface area contributed by atoms with Crippen molar-refractivity contribution in [1.82, 2.24) is 15.5 Å². The average Bonchev–Trinajstić information content (AvgIpc) is 3.18. The molecule has 2 amide bonds. The molecule has 1 aromatic carbocycles. The van der Waals surface area contributed by atoms with Gasteiger partial charge in [-0.3, -0.25) is 9.59 Å². The molecule has 1 fully saturated rings. The molecule has 1 aliphatic heterocycles. The Kier molecular flexibility index (Phi) is 8.06. The van der Waals surface area contributed by atoms with Crippen molar-refractivity contribution in [1.29, 1.82) is 0 Å². The quantitative estimate of drug-likeness (QED) is 0.623. The zero-order valence-electron chi connectivity index (χ0n) is 16.0. The minimum atomic E-state index is -0.486. The summed E-state index contributed by atoms with van der Waals surface area (Å²) in [5.74, 6) is -0.0386. The lowest BCUT2D eigenvalue weighted by Crippen LogP contribution is -2.44. The van der Waals surface area contributed by atoms with Gasteiger partial charge >= 0.3 is 0 Å². The van der Waals surface area contributed by atoms with Crippen LogP contribution in [0.2, 0.25) is 0 Å². The first-order chi connectivity index (χ1) is 12.5. The number of benzene rings is 1. The molecule has 6 heteroatoms. The molecule has 2 rings (SSSR count). The summed E-state index contributed by atoms with van der Waals surface area (Å²) in [5.41, 5.74) is 7.51. The van der Waals surface area contributed by atoms with E-state index in [0.29, 0.717) is 18.7 Å². The number of nitrogens with zero attached hydrogens (tertiary/aromatic N) is 1. The van der Waals surface area contributed by atoms with Crippen molar-refractivity contribution in [3.8, 4) is 0 Å². The lowest BCUT2D eigenvalue weighted by Gasteiger charge is -2.17. The van der Waals surface area contributed by atoms with Gasteiger partial charge in [0.2, 0.25) is 5.91 Å². The number of carbonyl (C=O) groups is 2. The first kappa shape index (κ1) is 20.4. The molecule has 2 unspecified atom stereocenters. The monoisotopic (exact) mass is 360 g/mol. The van der Waals surface area contributed by atoms with Crippen molar-refractivity contribution < 1.29 is 9.59 Å². The van der Waals surface area contributed by atoms with Crippen LogP contribution in [0.15, 0.2) is 24.3 Å². The molecule has 0 saturated carbocycles. The van der Waals surface area contributed by atoms with Crippen LogP contribution < -0.4 is 16.4 Å². The Labute approximate surface area is 156 Å². The maximum Gasteiger partial charge on any atom is 0.251 e. The molecule has 2 atom stereocenters. The van der Waals surface area contributed by atoms with Gasteiger partial charge in [0.25, 0.3) is 5.91 Å². The summed E-state index contributed by atoms with van der Waals surface area (Å²) in [6.45, 7) is 8.26. The van der Waals surface area contributed by atoms with Gasteiger partial charge in [-0.15, -0.1) is 0 Å². The Morgan fingerprint density at radius 1 is 1.15 bits per heavy atom. The molecule has 0 spiro atoms. The molecule has 1 aliphatic rings. The van der Waals surface area contributed by atoms with E-state index in [9.17, 15) is 9.59 Å². The summed E-state index contributed by atoms with van der Waals surface area (Å²) in [4.78, 5) is 26.6. The largest absolute Gasteiger partial charge is 0.351 e. The predicted molar refractivity (Wildman–Crippen MR) is 104 cm³/mol. The molecule has 0 radical (unpaired) electrons. The molecule has 6 nitrogen and oxygen atoms in total. The van der Waals surface area contributed by atoms with E-state index in [1.807, 2.05) is 26.0 Å². The van der Waals surface area contributed by atoms with E-state index >= 15 is 0 Å². The molecule has 0 aliphatic carbocycles. The lowest BCUT2D eigenvalue weighted by molar-refractivity contribution is -0.123. The number of carbonyl (C=O) groups excluding carboxylic acids is 2. The Hall–Kier alpha value is -1.92. The Morgan fingerprint density at radius 2 is 1.81 bits per heavy atom. The highest BCUT2D eigenvalue weighted by Crippen LogP contribution is 2.08. The number of nitrogens with two attached hydrogens (primary N) is 1. The number of hydrogen-bond acceptors (Lipinski definition) is 4. The third-order valence-electron chi connectivity index (χ3n) is 5.15. The van der Waals surface area contributed by atoms with Crippen molar-refractivity contribution in [3.63, 3.8) is 0 Å². The van der Waals surface area contributed by atoms with Crippen molar-refractivity contribution >= 4 is 11.8 Å². The highest BCUT2D eigenvalue weighted by molar-refractivity contribution is 5.94. The zero-order chi connectivity index (χ0) is 18.9. The molecular formula is C20H32N4O2. The molecule has 1 heterocycles. The SMILES string of the molecule is CCC(C)C(N)C(=O)NCc1ccc(C(=O)NCCN2CCCC2)cc1. The normalized spacial score (nSPS) is 16.9. The summed E-state index contributed by atoms with van der Waals surface area (Å²) in [6.07, 6.45) is 3.39. The van der Waals surface area contributed by atoms with Crippen LogP contribution in [-0.4, -0.2) is 48.9 Å². The third kappa shape index (κ3) is 6.11. The van der Waals surface area contributed by atoms with Gasteiger partial charge in [0, 0.05) is 25.2 Å². The van der Waals surface area contributed by atoms with Gasteiger partial charge in [0.15, 0.2) is 0 Å². The van der Waals surface area contributed by atoms with Crippen LogP contribution >= 0.6 is 0 Å². The van der Waals surface area contributed by atoms with Gasteiger partial charge < -0.3 is 21.3 Å². The molecule has 26 heavy (non-hydrogen) atoms. The van der Waals surface area contributed by atoms with Gasteiger partial charge in [0.1, 0.15) is 0 Å². The number of rotatable bonds is 9. The van der Waals surface area contributed by atoms with E-state index in [1.165, 1.54) is 12.8 Å². The molecule has 0 bridgehead atoms. The molecular weight excluding hydrogens is 328 g/mol. The lowest BCUT2D eigenvalue weighted by atomic mass is 9.99. The zero-order valence-corrected chi connectivity index (χ0v) is 16.0. The molecule has 1 saturated heterocycles. The Morgan fingerprint density at radius 3 is 2.42 bits per heavy atom. The van der Waals surface area contributed by atoms with Crippen molar-refractivity contribution in [2.75, 3.05) is 26.2 Å². The summed E-state index contributed by atoms with van der Waals surface area (Å²) in [7, 11) is 0. The van der Waals surface area contributed by atoms with Crippen LogP contribution in [0.4, 0.5) is 0 Å². The standard InChI is InChI=1S/C20H32N4O2/c1-3-15(2)18(21)20(26)23-14-16-6-8-17(9-7-16)19(25)22-10-13-24-11-4-5-12-24/h6-9,15,18H,3-5,10-14,21H2,1-2H3,(H,22,25)(H,23,26). The minimum absolute atomic E-state index is 0.0569. The highest BCUT2D eigenvalue weighted by Gasteiger charge is 2.18. The van der Waals surface area contributed by atoms with Crippen LogP contribution in [-0.2, 0) is 11.3 Å². The summed E-state index contributed by atoms with van der Waals surface area (Å²) < 4.78 is 0. The fraction of sp³-hybridized carbons (Fsp3) is 0.600. The van der Waals surface area contributed by atoms with Crippen molar-refractivity contribution in [3.05, 3.63) is 35.4 Å². The number of nitrogens with one attached hydrogen (secondary N) is 2. The number of amides is 2. The third-order valence-corrected chi connectivity index (χ3v) is 5.15. The second-order valence-electron chi connectivity index (χ2n) is 7.13. The van der Waals surface area contributed by atoms with Crippen LogP contribution in [0, 0.1) is 5.92 Å². The van der Waals surface area contributed by atoms with Crippen molar-refractivity contribution in [2.45, 2.75) is 45.7 Å². The number of hydrogen-bond donors (Lipinski definition) is 3. The van der Waals surface area contributed by atoms with Crippen LogP contribution in [0.1, 0.15) is 49.0 Å². The maximum absolute atomic E-state index is 12.2. The fourth-order valence-electron chi connectivity index (χ4n) is 3.03. The first-order valence-electron chi connectivity index (χ1n) is 9.64. The predicted octanol–water partition coefficient (Wildman–Crippen LogP) is 1.50. The Bertz CT molecular complexity index is 582. The van der Waals surface area contributed by atoms with E-state index < -0.39 is 6.04 Å². The fourth-order valence-corrected chi connectivity index (χ4v) is 3.03. The molecule has 1 aromatic rings. The van der Waals surface area contributed by atoms with E-state index in [2.05, 4.69) is 15.5 Å². The highest BCUT2D eigenvalue weighted by atomic mass is 16.2. The van der Waals surface area contributed by atoms with Crippen LogP contribution in [0.3, 0.4) is 0 Å². The van der Waals surface area contributed by atoms with Gasteiger partial charge in [0.05, 0.1) is 6.04 Å². The summed E-state index contributed by atoms with van der Waals surface area (Å²) in [5, 5.41) is 5.82. The maximum atomic E-state index is 12.2. The van der Waals surface area contributed by atoms with E-state index in [4.69, 9.17) is 5.73 Å². The molecule has 4 N–H and O–H groups in total. The van der Waals surface area contributed by atoms with E-state index in [-0.39, 0.29) is 17.7 Å². The van der Waals surface area contributed by atoms with E-state index in [0.717, 1.165) is 31.6 Å². The van der Waals surface area contributed by atoms with Gasteiger partial charge in [-0.1, -0.05) is 32.4 Å². The Balaban J connectivity index is 1.74. The second-order valence-corrected chi connectivity index (χ2v) is 7.13. The minimum Gasteiger partial charge on any atom is -0.351 e.